The molecule has 2 aromatic rings. The summed E-state index contributed by atoms with van der Waals surface area (Å²) in [5.41, 5.74) is 0.684. The van der Waals surface area contributed by atoms with Crippen molar-refractivity contribution in [2.24, 2.45) is 0 Å². The van der Waals surface area contributed by atoms with E-state index in [1.165, 1.54) is 17.9 Å². The fourth-order valence-electron chi connectivity index (χ4n) is 2.32. The molecule has 2 aromatic carbocycles. The van der Waals surface area contributed by atoms with Crippen molar-refractivity contribution < 1.29 is 18.4 Å². The quantitative estimate of drug-likeness (QED) is 0.842. The van der Waals surface area contributed by atoms with Crippen LogP contribution in [0.2, 0.25) is 0 Å². The maximum atomic E-state index is 13.9. The van der Waals surface area contributed by atoms with Gasteiger partial charge in [-0.3, -0.25) is 9.59 Å². The van der Waals surface area contributed by atoms with Gasteiger partial charge in [0.1, 0.15) is 11.6 Å². The number of rotatable bonds is 5. The van der Waals surface area contributed by atoms with Gasteiger partial charge in [0.2, 0.25) is 11.8 Å². The van der Waals surface area contributed by atoms with Crippen LogP contribution >= 0.6 is 0 Å². The molecular formula is C18H18F2N2O2. The third-order valence-corrected chi connectivity index (χ3v) is 3.65. The molecule has 24 heavy (non-hydrogen) atoms. The van der Waals surface area contributed by atoms with Crippen LogP contribution in [0.1, 0.15) is 13.3 Å². The summed E-state index contributed by atoms with van der Waals surface area (Å²) in [7, 11) is 1.63. The zero-order valence-electron chi connectivity index (χ0n) is 13.5. The minimum Gasteiger partial charge on any atom is -0.315 e. The Balaban J connectivity index is 2.09. The Hall–Kier alpha value is -2.76. The van der Waals surface area contributed by atoms with Gasteiger partial charge in [-0.15, -0.1) is 0 Å². The van der Waals surface area contributed by atoms with Gasteiger partial charge < -0.3 is 9.80 Å². The highest BCUT2D eigenvalue weighted by molar-refractivity contribution is 5.95. The number of para-hydroxylation sites is 1. The molecule has 0 fully saturated rings. The van der Waals surface area contributed by atoms with Gasteiger partial charge in [0.15, 0.2) is 0 Å². The van der Waals surface area contributed by atoms with Gasteiger partial charge in [0.25, 0.3) is 0 Å². The molecule has 0 saturated heterocycles. The number of hydrogen-bond acceptors (Lipinski definition) is 2. The molecule has 0 aliphatic heterocycles. The number of halogens is 2. The van der Waals surface area contributed by atoms with Crippen molar-refractivity contribution in [3.63, 3.8) is 0 Å². The number of benzene rings is 2. The summed E-state index contributed by atoms with van der Waals surface area (Å²) in [5, 5.41) is 0. The highest BCUT2D eigenvalue weighted by Gasteiger charge is 2.19. The average molecular weight is 332 g/mol. The molecule has 2 rings (SSSR count). The molecule has 0 saturated carbocycles. The molecule has 0 heterocycles. The Morgan fingerprint density at radius 3 is 2.29 bits per heavy atom. The van der Waals surface area contributed by atoms with Crippen molar-refractivity contribution in [3.8, 4) is 0 Å². The highest BCUT2D eigenvalue weighted by atomic mass is 19.1. The first-order valence-corrected chi connectivity index (χ1v) is 7.45. The van der Waals surface area contributed by atoms with E-state index in [9.17, 15) is 18.4 Å². The van der Waals surface area contributed by atoms with Crippen LogP contribution < -0.4 is 9.80 Å². The van der Waals surface area contributed by atoms with Gasteiger partial charge in [-0.1, -0.05) is 18.2 Å². The zero-order chi connectivity index (χ0) is 17.7. The lowest BCUT2D eigenvalue weighted by Gasteiger charge is -2.23. The molecule has 0 unspecified atom stereocenters. The normalized spacial score (nSPS) is 10.3. The zero-order valence-corrected chi connectivity index (χ0v) is 13.5. The monoisotopic (exact) mass is 332 g/mol. The summed E-state index contributed by atoms with van der Waals surface area (Å²) in [5.74, 6) is -2.20. The van der Waals surface area contributed by atoms with E-state index in [4.69, 9.17) is 0 Å². The first kappa shape index (κ1) is 17.6. The maximum Gasteiger partial charge on any atom is 0.228 e. The third kappa shape index (κ3) is 4.16. The number of anilines is 2. The number of nitrogens with zero attached hydrogens (tertiary/aromatic N) is 2. The van der Waals surface area contributed by atoms with Crippen LogP contribution in [0.15, 0.2) is 48.5 Å². The van der Waals surface area contributed by atoms with Crippen LogP contribution in [0, 0.1) is 11.6 Å². The molecule has 0 aliphatic rings. The predicted molar refractivity (Wildman–Crippen MR) is 88.9 cm³/mol. The topological polar surface area (TPSA) is 40.6 Å². The molecule has 4 nitrogen and oxygen atoms in total. The lowest BCUT2D eigenvalue weighted by atomic mass is 10.2. The summed E-state index contributed by atoms with van der Waals surface area (Å²) in [6.07, 6.45) is 0.0157. The van der Waals surface area contributed by atoms with Crippen LogP contribution in [0.4, 0.5) is 20.2 Å². The maximum absolute atomic E-state index is 13.9. The van der Waals surface area contributed by atoms with Crippen molar-refractivity contribution >= 4 is 23.2 Å². The molecule has 0 aromatic heterocycles. The summed E-state index contributed by atoms with van der Waals surface area (Å²) in [4.78, 5) is 26.7. The highest BCUT2D eigenvalue weighted by Crippen LogP contribution is 2.21. The van der Waals surface area contributed by atoms with Crippen LogP contribution in [0.25, 0.3) is 0 Å². The van der Waals surface area contributed by atoms with Crippen molar-refractivity contribution in [2.75, 3.05) is 23.4 Å². The molecule has 0 radical (unpaired) electrons. The Kier molecular flexibility index (Phi) is 5.63. The summed E-state index contributed by atoms with van der Waals surface area (Å²) in [6, 6.07) is 12.0. The van der Waals surface area contributed by atoms with E-state index in [0.717, 1.165) is 16.7 Å². The molecular weight excluding hydrogens is 314 g/mol. The predicted octanol–water partition coefficient (Wildman–Crippen LogP) is 3.37. The summed E-state index contributed by atoms with van der Waals surface area (Å²) in [6.45, 7) is 1.28. The Bertz CT molecular complexity index is 735. The van der Waals surface area contributed by atoms with E-state index < -0.39 is 17.5 Å². The van der Waals surface area contributed by atoms with Crippen molar-refractivity contribution in [3.05, 3.63) is 60.2 Å². The fourth-order valence-corrected chi connectivity index (χ4v) is 2.32. The van der Waals surface area contributed by atoms with E-state index in [1.807, 2.05) is 18.2 Å². The van der Waals surface area contributed by atoms with E-state index in [-0.39, 0.29) is 24.6 Å². The lowest BCUT2D eigenvalue weighted by molar-refractivity contribution is -0.118. The van der Waals surface area contributed by atoms with Crippen LogP contribution in [-0.2, 0) is 9.59 Å². The average Bonchev–Trinajstić information content (AvgIpc) is 2.56. The molecule has 0 N–H and O–H groups in total. The second kappa shape index (κ2) is 7.68. The summed E-state index contributed by atoms with van der Waals surface area (Å²) < 4.78 is 26.9. The fraction of sp³-hybridized carbons (Fsp3) is 0.222. The Labute approximate surface area is 139 Å². The lowest BCUT2D eigenvalue weighted by Crippen LogP contribution is -2.35. The van der Waals surface area contributed by atoms with Crippen molar-refractivity contribution in [1.82, 2.24) is 0 Å². The van der Waals surface area contributed by atoms with Gasteiger partial charge in [-0.05, 0) is 24.3 Å². The standard InChI is InChI=1S/C18H18F2N2O2/c1-13(23)22(17-9-8-14(19)12-16(17)20)11-10-18(24)21(2)15-6-4-3-5-7-15/h3-9,12H,10-11H2,1-2H3. The number of amides is 2. The van der Waals surface area contributed by atoms with Gasteiger partial charge in [-0.2, -0.15) is 0 Å². The molecule has 0 atom stereocenters. The molecule has 0 bridgehead atoms. The van der Waals surface area contributed by atoms with Crippen LogP contribution in [-0.4, -0.2) is 25.4 Å². The van der Waals surface area contributed by atoms with Gasteiger partial charge in [0.05, 0.1) is 5.69 Å². The third-order valence-electron chi connectivity index (χ3n) is 3.65. The molecule has 0 aliphatic carbocycles. The van der Waals surface area contributed by atoms with Crippen LogP contribution in [0.5, 0.6) is 0 Å². The smallest absolute Gasteiger partial charge is 0.228 e. The SMILES string of the molecule is CC(=O)N(CCC(=O)N(C)c1ccccc1)c1ccc(F)cc1F. The van der Waals surface area contributed by atoms with E-state index in [2.05, 4.69) is 0 Å². The minimum atomic E-state index is -0.839. The van der Waals surface area contributed by atoms with Gasteiger partial charge in [0, 0.05) is 38.7 Å². The minimum absolute atomic E-state index is 0.00783. The van der Waals surface area contributed by atoms with Gasteiger partial charge >= 0.3 is 0 Å². The molecule has 6 heteroatoms. The Morgan fingerprint density at radius 1 is 1.04 bits per heavy atom. The van der Waals surface area contributed by atoms with E-state index in [0.29, 0.717) is 6.07 Å². The van der Waals surface area contributed by atoms with Crippen molar-refractivity contribution in [2.45, 2.75) is 13.3 Å². The molecule has 126 valence electrons. The Morgan fingerprint density at radius 2 is 1.71 bits per heavy atom. The number of carbonyl (C=O) groups excluding carboxylic acids is 2. The van der Waals surface area contributed by atoms with Crippen molar-refractivity contribution in [1.29, 1.82) is 0 Å². The summed E-state index contributed by atoms with van der Waals surface area (Å²) >= 11 is 0. The largest absolute Gasteiger partial charge is 0.315 e. The molecule has 0 spiro atoms. The van der Waals surface area contributed by atoms with E-state index >= 15 is 0 Å². The number of carbonyl (C=O) groups is 2. The second-order valence-electron chi connectivity index (χ2n) is 5.30. The number of hydrogen-bond donors (Lipinski definition) is 0. The first-order chi connectivity index (χ1) is 11.4. The van der Waals surface area contributed by atoms with E-state index in [1.54, 1.807) is 19.2 Å². The second-order valence-corrected chi connectivity index (χ2v) is 5.30. The van der Waals surface area contributed by atoms with Crippen LogP contribution in [0.3, 0.4) is 0 Å². The van der Waals surface area contributed by atoms with Gasteiger partial charge in [-0.25, -0.2) is 8.78 Å². The first-order valence-electron chi connectivity index (χ1n) is 7.45. The molecule has 2 amide bonds.